The zero-order valence-corrected chi connectivity index (χ0v) is 42.8. The van der Waals surface area contributed by atoms with Crippen LogP contribution in [-0.4, -0.2) is 223 Å². The number of carboxylic acids is 1. The number of carbonyl (C=O) groups is 5. The van der Waals surface area contributed by atoms with Gasteiger partial charge in [0.25, 0.3) is 12.9 Å². The molecule has 0 aliphatic heterocycles. The second-order valence-electron chi connectivity index (χ2n) is 18.1. The Bertz CT molecular complexity index is 2050. The molecule has 0 aromatic heterocycles. The number of Topliss-reactive ketones (excluding diaryl/α,β-unsaturated/α-hetero) is 2. The quantitative estimate of drug-likeness (QED) is 0.0126. The third-order valence-electron chi connectivity index (χ3n) is 11.8. The van der Waals surface area contributed by atoms with Crippen molar-refractivity contribution in [2.75, 3.05) is 107 Å². The highest BCUT2D eigenvalue weighted by molar-refractivity contribution is 6.60. The van der Waals surface area contributed by atoms with E-state index in [1.54, 1.807) is 46.2 Å². The van der Waals surface area contributed by atoms with Gasteiger partial charge in [0.1, 0.15) is 25.0 Å². The van der Waals surface area contributed by atoms with Crippen molar-refractivity contribution in [2.24, 2.45) is 5.73 Å². The fourth-order valence-corrected chi connectivity index (χ4v) is 8.00. The van der Waals surface area contributed by atoms with Crippen molar-refractivity contribution in [2.45, 2.75) is 64.6 Å². The Morgan fingerprint density at radius 1 is 0.493 bits per heavy atom. The van der Waals surface area contributed by atoms with Crippen molar-refractivity contribution < 1.29 is 68.7 Å². The topological polar surface area (TPSA) is 291 Å². The summed E-state index contributed by atoms with van der Waals surface area (Å²) in [5, 5.41) is 66.4. The van der Waals surface area contributed by atoms with Gasteiger partial charge < -0.3 is 65.2 Å². The van der Waals surface area contributed by atoms with Crippen molar-refractivity contribution in [1.82, 2.24) is 29.4 Å². The molecule has 0 spiro atoms. The number of hydrogen-bond donors (Lipinski definition) is 8. The van der Waals surface area contributed by atoms with Gasteiger partial charge in [-0.25, -0.2) is 0 Å². The molecule has 0 heterocycles. The van der Waals surface area contributed by atoms with Crippen LogP contribution in [-0.2, 0) is 53.1 Å². The molecule has 3 rings (SSSR count). The molecule has 73 heavy (non-hydrogen) atoms. The summed E-state index contributed by atoms with van der Waals surface area (Å²) in [4.78, 5) is 70.5. The SMILES string of the molecule is CN(CCCCC(=O)CN(CCN(CCN(CC(=O)O)CC(=O)CCCCN(C)Cc1ccccc1B(O)O)COC=O)COC=O)Cc1ccccc1B(O)O.CN(CCCN)Cc1ccccc1B(O)O. The third kappa shape index (κ3) is 28.4. The van der Waals surface area contributed by atoms with Crippen LogP contribution < -0.4 is 22.1 Å². The van der Waals surface area contributed by atoms with Crippen molar-refractivity contribution >= 4 is 68.2 Å². The summed E-state index contributed by atoms with van der Waals surface area (Å²) in [6, 6.07) is 21.5. The summed E-state index contributed by atoms with van der Waals surface area (Å²) in [5.74, 6) is -1.26. The van der Waals surface area contributed by atoms with E-state index in [-0.39, 0.29) is 83.7 Å². The van der Waals surface area contributed by atoms with Gasteiger partial charge in [-0.1, -0.05) is 72.8 Å². The zero-order chi connectivity index (χ0) is 54.0. The van der Waals surface area contributed by atoms with Crippen LogP contribution in [0.15, 0.2) is 72.8 Å². The van der Waals surface area contributed by atoms with Crippen LogP contribution in [0.1, 0.15) is 61.6 Å². The fraction of sp³-hybridized carbons (Fsp3) is 0.531. The number of rotatable bonds is 40. The van der Waals surface area contributed by atoms with E-state index in [0.717, 1.165) is 36.1 Å². The van der Waals surface area contributed by atoms with Crippen LogP contribution in [0.25, 0.3) is 0 Å². The highest BCUT2D eigenvalue weighted by atomic mass is 16.5. The Kier molecular flexibility index (Phi) is 33.2. The molecule has 0 unspecified atom stereocenters. The summed E-state index contributed by atoms with van der Waals surface area (Å²) in [7, 11) is 1.29. The summed E-state index contributed by atoms with van der Waals surface area (Å²) in [6.45, 7) is 5.55. The molecule has 0 aliphatic rings. The predicted molar refractivity (Wildman–Crippen MR) is 280 cm³/mol. The van der Waals surface area contributed by atoms with Gasteiger partial charge in [0.2, 0.25) is 0 Å². The standard InChI is InChI=1S/C38H59B2N5O12.C11H19BN2O2/c1-41(23-32-11-3-5-15-36(32)39(52)53)17-9-7-13-34(48)25-44(27-38(50)51)21-19-43(28-56-30-46)20-22-45(29-57-31-47)26-35(49)14-8-10-18-42(2)24-33-12-4-6-16-37(33)40(54)55;1-14(8-4-7-13)9-10-5-2-3-6-11(10)12(15)16/h3-6,11-12,15-16,30-31,52-55H,7-10,13-14,17-29H2,1-2H3,(H,50,51);2-3,5-6,15-16H,4,7-9,13H2,1H3. The number of nitrogens with zero attached hydrogens (tertiary/aromatic N) is 6. The highest BCUT2D eigenvalue weighted by Gasteiger charge is 2.21. The Balaban J connectivity index is 0.000000963. The highest BCUT2D eigenvalue weighted by Crippen LogP contribution is 2.09. The van der Waals surface area contributed by atoms with Crippen LogP contribution >= 0.6 is 0 Å². The predicted octanol–water partition coefficient (Wildman–Crippen LogP) is -2.51. The van der Waals surface area contributed by atoms with E-state index in [9.17, 15) is 59.2 Å². The molecular weight excluding hydrogens is 943 g/mol. The Morgan fingerprint density at radius 3 is 1.21 bits per heavy atom. The average Bonchev–Trinajstić information content (AvgIpc) is 3.35. The van der Waals surface area contributed by atoms with Gasteiger partial charge in [-0.05, 0) is 113 Å². The number of ketones is 2. The minimum atomic E-state index is -1.56. The van der Waals surface area contributed by atoms with Gasteiger partial charge in [-0.2, -0.15) is 0 Å². The van der Waals surface area contributed by atoms with Crippen molar-refractivity contribution in [3.63, 3.8) is 0 Å². The number of unbranched alkanes of at least 4 members (excludes halogenated alkanes) is 2. The maximum Gasteiger partial charge on any atom is 0.488 e. The number of ether oxygens (including phenoxy) is 2. The van der Waals surface area contributed by atoms with Gasteiger partial charge >= 0.3 is 27.3 Å². The minimum Gasteiger partial charge on any atom is -0.480 e. The molecule has 0 saturated carbocycles. The number of benzene rings is 3. The first kappa shape index (κ1) is 64.2. The van der Waals surface area contributed by atoms with Crippen LogP contribution in [0.2, 0.25) is 0 Å². The lowest BCUT2D eigenvalue weighted by molar-refractivity contribution is -0.139. The number of nitrogens with two attached hydrogens (primary N) is 1. The van der Waals surface area contributed by atoms with Crippen molar-refractivity contribution in [3.8, 4) is 0 Å². The van der Waals surface area contributed by atoms with Crippen LogP contribution in [0.3, 0.4) is 0 Å². The molecule has 0 saturated heterocycles. The number of carboxylic acid groups (broad SMARTS) is 1. The molecule has 0 aliphatic carbocycles. The molecule has 24 heteroatoms. The lowest BCUT2D eigenvalue weighted by Gasteiger charge is -2.28. The largest absolute Gasteiger partial charge is 0.488 e. The van der Waals surface area contributed by atoms with Gasteiger partial charge in [-0.3, -0.25) is 38.7 Å². The molecule has 9 N–H and O–H groups in total. The lowest BCUT2D eigenvalue weighted by Crippen LogP contribution is -2.44. The number of carbonyl (C=O) groups excluding carboxylic acids is 4. The van der Waals surface area contributed by atoms with Gasteiger partial charge in [0.05, 0.1) is 19.6 Å². The Hall–Kier alpha value is -4.92. The molecule has 3 aromatic rings. The van der Waals surface area contributed by atoms with Crippen molar-refractivity contribution in [3.05, 3.63) is 89.5 Å². The van der Waals surface area contributed by atoms with E-state index in [1.165, 1.54) is 4.90 Å². The summed E-state index contributed by atoms with van der Waals surface area (Å²) >= 11 is 0. The molecule has 0 radical (unpaired) electrons. The first-order valence-corrected chi connectivity index (χ1v) is 24.6. The zero-order valence-electron chi connectivity index (χ0n) is 42.8. The van der Waals surface area contributed by atoms with Gasteiger partial charge in [0.15, 0.2) is 0 Å². The smallest absolute Gasteiger partial charge is 0.480 e. The minimum absolute atomic E-state index is 0.0162. The van der Waals surface area contributed by atoms with Gasteiger partial charge in [0, 0.05) is 58.7 Å². The second kappa shape index (κ2) is 37.8. The Labute approximate surface area is 431 Å². The van der Waals surface area contributed by atoms with E-state index >= 15 is 0 Å². The van der Waals surface area contributed by atoms with E-state index in [4.69, 9.17) is 15.2 Å². The van der Waals surface area contributed by atoms with Gasteiger partial charge in [-0.15, -0.1) is 0 Å². The maximum absolute atomic E-state index is 12.9. The molecular formula is C49H78B3N7O14. The second-order valence-corrected chi connectivity index (χ2v) is 18.1. The molecule has 402 valence electrons. The normalized spacial score (nSPS) is 11.3. The molecule has 0 fully saturated rings. The first-order chi connectivity index (χ1) is 35.0. The lowest BCUT2D eigenvalue weighted by atomic mass is 9.77. The Morgan fingerprint density at radius 2 is 0.836 bits per heavy atom. The summed E-state index contributed by atoms with van der Waals surface area (Å²) in [6.07, 6.45) is 4.16. The molecule has 0 amide bonds. The summed E-state index contributed by atoms with van der Waals surface area (Å²) in [5.41, 5.74) is 9.45. The third-order valence-corrected chi connectivity index (χ3v) is 11.8. The average molecular weight is 1020 g/mol. The molecule has 21 nitrogen and oxygen atoms in total. The van der Waals surface area contributed by atoms with E-state index < -0.39 is 27.3 Å². The van der Waals surface area contributed by atoms with Crippen LogP contribution in [0, 0.1) is 0 Å². The van der Waals surface area contributed by atoms with E-state index in [1.807, 2.05) is 67.3 Å². The number of aliphatic carboxylic acids is 1. The molecule has 0 atom stereocenters. The van der Waals surface area contributed by atoms with Crippen molar-refractivity contribution in [1.29, 1.82) is 0 Å². The van der Waals surface area contributed by atoms with Crippen LogP contribution in [0.5, 0.6) is 0 Å². The monoisotopic (exact) mass is 1020 g/mol. The first-order valence-electron chi connectivity index (χ1n) is 24.6. The maximum atomic E-state index is 12.9. The fourth-order valence-electron chi connectivity index (χ4n) is 8.00. The molecule has 0 bridgehead atoms. The van der Waals surface area contributed by atoms with E-state index in [0.29, 0.717) is 87.8 Å². The number of hydrogen-bond acceptors (Lipinski definition) is 20. The summed E-state index contributed by atoms with van der Waals surface area (Å²) < 4.78 is 9.92. The van der Waals surface area contributed by atoms with Crippen LogP contribution in [0.4, 0.5) is 0 Å². The van der Waals surface area contributed by atoms with E-state index in [2.05, 4.69) is 4.90 Å². The molecule has 3 aromatic carbocycles.